The van der Waals surface area contributed by atoms with E-state index in [2.05, 4.69) is 0 Å². The van der Waals surface area contributed by atoms with Crippen molar-refractivity contribution in [3.05, 3.63) is 0 Å². The Labute approximate surface area is 115 Å². The molecule has 0 radical (unpaired) electrons. The zero-order valence-corrected chi connectivity index (χ0v) is 13.1. The molecule has 19 heavy (non-hydrogen) atoms. The summed E-state index contributed by atoms with van der Waals surface area (Å²) in [6, 6.07) is 0. The largest absolute Gasteiger partial charge is 0.281 e. The fourth-order valence-corrected chi connectivity index (χ4v) is 6.39. The van der Waals surface area contributed by atoms with Crippen molar-refractivity contribution in [2.24, 2.45) is 0 Å². The molecule has 2 aliphatic rings. The maximum absolute atomic E-state index is 12.4. The van der Waals surface area contributed by atoms with Gasteiger partial charge < -0.3 is 0 Å². The van der Waals surface area contributed by atoms with Gasteiger partial charge in [0.05, 0.1) is 10.5 Å². The van der Waals surface area contributed by atoms with Gasteiger partial charge in [0.25, 0.3) is 10.2 Å². The normalized spacial score (nSPS) is 24.6. The Morgan fingerprint density at radius 3 is 1.89 bits per heavy atom. The van der Waals surface area contributed by atoms with Crippen LogP contribution in [0, 0.1) is 0 Å². The summed E-state index contributed by atoms with van der Waals surface area (Å²) in [4.78, 5) is 0. The topological polar surface area (TPSA) is 74.8 Å². The van der Waals surface area contributed by atoms with E-state index in [4.69, 9.17) is 0 Å². The standard InChI is InChI=1S/C11H22N2O4S2/c1-12(2)19(16,17)13-8-11(9-13)18(14,15)10-6-4-3-5-7-10/h10-11H,3-9H2,1-2H3. The summed E-state index contributed by atoms with van der Waals surface area (Å²) in [5.41, 5.74) is 0. The Kier molecular flexibility index (Phi) is 4.25. The zero-order valence-electron chi connectivity index (χ0n) is 11.4. The number of rotatable bonds is 4. The van der Waals surface area contributed by atoms with Gasteiger partial charge in [0, 0.05) is 27.2 Å². The Morgan fingerprint density at radius 1 is 0.895 bits per heavy atom. The third-order valence-corrected chi connectivity index (χ3v) is 8.59. The molecule has 1 heterocycles. The number of hydrogen-bond donors (Lipinski definition) is 0. The summed E-state index contributed by atoms with van der Waals surface area (Å²) < 4.78 is 50.7. The van der Waals surface area contributed by atoms with Crippen LogP contribution in [0.2, 0.25) is 0 Å². The predicted molar refractivity (Wildman–Crippen MR) is 73.8 cm³/mol. The van der Waals surface area contributed by atoms with Crippen LogP contribution in [0.5, 0.6) is 0 Å². The van der Waals surface area contributed by atoms with Gasteiger partial charge in [-0.05, 0) is 12.8 Å². The van der Waals surface area contributed by atoms with Gasteiger partial charge in [-0.1, -0.05) is 19.3 Å². The number of sulfone groups is 1. The SMILES string of the molecule is CN(C)S(=O)(=O)N1CC(S(=O)(=O)C2CCCCC2)C1. The zero-order chi connectivity index (χ0) is 14.3. The summed E-state index contributed by atoms with van der Waals surface area (Å²) >= 11 is 0. The lowest BCUT2D eigenvalue weighted by Crippen LogP contribution is -2.60. The van der Waals surface area contributed by atoms with Gasteiger partial charge in [-0.25, -0.2) is 8.42 Å². The molecule has 0 atom stereocenters. The average molecular weight is 310 g/mol. The molecule has 2 fully saturated rings. The molecule has 1 saturated heterocycles. The Balaban J connectivity index is 2.00. The van der Waals surface area contributed by atoms with E-state index in [1.165, 1.54) is 18.4 Å². The first kappa shape index (κ1) is 15.2. The van der Waals surface area contributed by atoms with Crippen LogP contribution < -0.4 is 0 Å². The fourth-order valence-electron chi connectivity index (χ4n) is 2.69. The first-order valence-corrected chi connectivity index (χ1v) is 9.67. The highest BCUT2D eigenvalue weighted by molar-refractivity contribution is 7.93. The van der Waals surface area contributed by atoms with Crippen LogP contribution in [0.4, 0.5) is 0 Å². The molecule has 0 spiro atoms. The van der Waals surface area contributed by atoms with E-state index in [0.29, 0.717) is 0 Å². The first-order chi connectivity index (χ1) is 8.76. The van der Waals surface area contributed by atoms with Crippen molar-refractivity contribution < 1.29 is 16.8 Å². The molecule has 1 aliphatic heterocycles. The van der Waals surface area contributed by atoms with Crippen molar-refractivity contribution in [1.82, 2.24) is 8.61 Å². The van der Waals surface area contributed by atoms with Crippen molar-refractivity contribution in [3.63, 3.8) is 0 Å². The minimum absolute atomic E-state index is 0.110. The summed E-state index contributed by atoms with van der Waals surface area (Å²) in [7, 11) is -3.72. The molecule has 0 aromatic carbocycles. The van der Waals surface area contributed by atoms with Crippen molar-refractivity contribution in [3.8, 4) is 0 Å². The van der Waals surface area contributed by atoms with Gasteiger partial charge >= 0.3 is 0 Å². The van der Waals surface area contributed by atoms with Crippen molar-refractivity contribution >= 4 is 20.0 Å². The Morgan fingerprint density at radius 2 is 1.42 bits per heavy atom. The molecule has 0 aromatic heterocycles. The quantitative estimate of drug-likeness (QED) is 0.745. The third-order valence-electron chi connectivity index (χ3n) is 4.08. The highest BCUT2D eigenvalue weighted by atomic mass is 32.2. The van der Waals surface area contributed by atoms with Crippen molar-refractivity contribution in [2.45, 2.75) is 42.6 Å². The molecular formula is C11H22N2O4S2. The van der Waals surface area contributed by atoms with Crippen molar-refractivity contribution in [1.29, 1.82) is 0 Å². The van der Waals surface area contributed by atoms with Crippen LogP contribution in [0.1, 0.15) is 32.1 Å². The van der Waals surface area contributed by atoms with Crippen LogP contribution in [-0.2, 0) is 20.0 Å². The smallest absolute Gasteiger partial charge is 0.228 e. The molecule has 1 aliphatic carbocycles. The van der Waals surface area contributed by atoms with Gasteiger partial charge in [-0.15, -0.1) is 0 Å². The maximum Gasteiger partial charge on any atom is 0.281 e. The molecule has 0 amide bonds. The molecule has 2 rings (SSSR count). The van der Waals surface area contributed by atoms with Crippen LogP contribution >= 0.6 is 0 Å². The molecule has 1 saturated carbocycles. The molecule has 0 aromatic rings. The van der Waals surface area contributed by atoms with E-state index in [1.54, 1.807) is 0 Å². The molecule has 112 valence electrons. The second-order valence-corrected chi connectivity index (χ2v) is 10.2. The van der Waals surface area contributed by atoms with Gasteiger partial charge in [-0.3, -0.25) is 0 Å². The summed E-state index contributed by atoms with van der Waals surface area (Å²) in [5, 5.41) is -0.763. The average Bonchev–Trinajstić information content (AvgIpc) is 2.27. The van der Waals surface area contributed by atoms with Gasteiger partial charge in [0.1, 0.15) is 0 Å². The minimum atomic E-state index is -3.46. The lowest BCUT2D eigenvalue weighted by Gasteiger charge is -2.40. The lowest BCUT2D eigenvalue weighted by molar-refractivity contribution is 0.287. The number of nitrogens with zero attached hydrogens (tertiary/aromatic N) is 2. The summed E-state index contributed by atoms with van der Waals surface area (Å²) in [6.45, 7) is 0.221. The molecule has 0 N–H and O–H groups in total. The molecular weight excluding hydrogens is 288 g/mol. The van der Waals surface area contributed by atoms with E-state index in [9.17, 15) is 16.8 Å². The minimum Gasteiger partial charge on any atom is -0.228 e. The Hall–Kier alpha value is -0.180. The molecule has 0 bridgehead atoms. The van der Waals surface area contributed by atoms with Crippen molar-refractivity contribution in [2.75, 3.05) is 27.2 Å². The van der Waals surface area contributed by atoms with Gasteiger partial charge in [-0.2, -0.15) is 17.0 Å². The van der Waals surface area contributed by atoms with Crippen LogP contribution in [0.3, 0.4) is 0 Å². The first-order valence-electron chi connectivity index (χ1n) is 6.66. The monoisotopic (exact) mass is 310 g/mol. The maximum atomic E-state index is 12.4. The lowest BCUT2D eigenvalue weighted by atomic mass is 10.0. The van der Waals surface area contributed by atoms with E-state index in [1.807, 2.05) is 0 Å². The fraction of sp³-hybridized carbons (Fsp3) is 1.00. The van der Waals surface area contributed by atoms with Crippen LogP contribution in [0.25, 0.3) is 0 Å². The molecule has 0 unspecified atom stereocenters. The van der Waals surface area contributed by atoms with E-state index < -0.39 is 25.3 Å². The van der Waals surface area contributed by atoms with Crippen LogP contribution in [0.15, 0.2) is 0 Å². The van der Waals surface area contributed by atoms with Gasteiger partial charge in [0.15, 0.2) is 9.84 Å². The highest BCUT2D eigenvalue weighted by Gasteiger charge is 2.46. The molecule has 8 heteroatoms. The predicted octanol–water partition coefficient (Wildman–Crippen LogP) is 0.225. The third kappa shape index (κ3) is 2.81. The van der Waals surface area contributed by atoms with E-state index >= 15 is 0 Å². The summed E-state index contributed by atoms with van der Waals surface area (Å²) in [5.74, 6) is 0. The second-order valence-electron chi connectivity index (χ2n) is 5.58. The summed E-state index contributed by atoms with van der Waals surface area (Å²) in [6.07, 6.45) is 4.52. The second kappa shape index (κ2) is 5.31. The van der Waals surface area contributed by atoms with E-state index in [0.717, 1.165) is 36.4 Å². The highest BCUT2D eigenvalue weighted by Crippen LogP contribution is 2.30. The van der Waals surface area contributed by atoms with Gasteiger partial charge in [0.2, 0.25) is 0 Å². The Bertz CT molecular complexity index is 515. The van der Waals surface area contributed by atoms with Crippen LogP contribution in [-0.4, -0.2) is 63.1 Å². The molecule has 6 nitrogen and oxygen atoms in total. The number of hydrogen-bond acceptors (Lipinski definition) is 4. The van der Waals surface area contributed by atoms with E-state index in [-0.39, 0.29) is 18.3 Å².